The van der Waals surface area contributed by atoms with Gasteiger partial charge in [-0.3, -0.25) is 4.31 Å². The number of hydrogen-bond donors (Lipinski definition) is 1. The van der Waals surface area contributed by atoms with Crippen molar-refractivity contribution in [3.63, 3.8) is 0 Å². The summed E-state index contributed by atoms with van der Waals surface area (Å²) >= 11 is 0. The zero-order chi connectivity index (χ0) is 18.7. The molecule has 0 saturated carbocycles. The topological polar surface area (TPSA) is 98.9 Å². The summed E-state index contributed by atoms with van der Waals surface area (Å²) in [6.07, 6.45) is 3.37. The van der Waals surface area contributed by atoms with Crippen LogP contribution in [0.25, 0.3) is 6.08 Å². The molecule has 136 valence electrons. The molecule has 2 aromatic carbocycles. The van der Waals surface area contributed by atoms with Gasteiger partial charge in [0.2, 0.25) is 0 Å². The first-order chi connectivity index (χ1) is 12.5. The molecule has 0 saturated heterocycles. The molecule has 0 bridgehead atoms. The molecule has 8 heteroatoms. The standard InChI is InChI=1S/C18H18N2O5S/c1-24-15-4-6-16(7-5-15)26(22,23)20-11-10-14-12-13(2-8-17(14)20)3-9-18(21)25-19/h2-9,12H,10-11,19H2,1H3/b9-3+. The number of benzene rings is 2. The normalized spacial score (nSPS) is 13.7. The van der Waals surface area contributed by atoms with E-state index in [1.807, 2.05) is 6.07 Å². The van der Waals surface area contributed by atoms with Gasteiger partial charge in [0.1, 0.15) is 5.75 Å². The number of fused-ring (bicyclic) bond motifs is 1. The maximum atomic E-state index is 12.9. The van der Waals surface area contributed by atoms with Crippen molar-refractivity contribution in [1.29, 1.82) is 0 Å². The quantitative estimate of drug-likeness (QED) is 0.634. The Labute approximate surface area is 151 Å². The highest BCUT2D eigenvalue weighted by atomic mass is 32.2. The SMILES string of the molecule is COc1ccc(S(=O)(=O)N2CCc3cc(/C=C/C(=O)ON)ccc32)cc1. The Hall–Kier alpha value is -2.84. The molecule has 0 aliphatic carbocycles. The summed E-state index contributed by atoms with van der Waals surface area (Å²) in [5.74, 6) is 4.72. The Bertz CT molecular complexity index is 952. The molecule has 7 nitrogen and oxygen atoms in total. The van der Waals surface area contributed by atoms with E-state index in [1.54, 1.807) is 30.3 Å². The van der Waals surface area contributed by atoms with Gasteiger partial charge in [-0.2, -0.15) is 5.90 Å². The van der Waals surface area contributed by atoms with E-state index in [-0.39, 0.29) is 4.90 Å². The van der Waals surface area contributed by atoms with Crippen molar-refractivity contribution >= 4 is 27.8 Å². The zero-order valence-corrected chi connectivity index (χ0v) is 14.9. The van der Waals surface area contributed by atoms with Gasteiger partial charge in [0.25, 0.3) is 10.0 Å². The number of nitrogens with zero attached hydrogens (tertiary/aromatic N) is 1. The minimum Gasteiger partial charge on any atom is -0.497 e. The Balaban J connectivity index is 1.88. The van der Waals surface area contributed by atoms with Crippen LogP contribution in [0.2, 0.25) is 0 Å². The van der Waals surface area contributed by atoms with Gasteiger partial charge in [-0.25, -0.2) is 13.2 Å². The van der Waals surface area contributed by atoms with E-state index in [4.69, 9.17) is 10.6 Å². The van der Waals surface area contributed by atoms with Crippen LogP contribution in [0.4, 0.5) is 5.69 Å². The molecule has 1 aliphatic rings. The summed E-state index contributed by atoms with van der Waals surface area (Å²) in [4.78, 5) is 15.4. The minimum atomic E-state index is -3.65. The van der Waals surface area contributed by atoms with E-state index in [0.717, 1.165) is 11.1 Å². The number of rotatable bonds is 5. The lowest BCUT2D eigenvalue weighted by atomic mass is 10.1. The van der Waals surface area contributed by atoms with Crippen molar-refractivity contribution in [1.82, 2.24) is 0 Å². The van der Waals surface area contributed by atoms with Crippen LogP contribution in [0, 0.1) is 0 Å². The Morgan fingerprint density at radius 1 is 1.19 bits per heavy atom. The van der Waals surface area contributed by atoms with Crippen molar-refractivity contribution in [3.05, 3.63) is 59.7 Å². The average molecular weight is 374 g/mol. The fourth-order valence-corrected chi connectivity index (χ4v) is 4.33. The lowest BCUT2D eigenvalue weighted by Crippen LogP contribution is -2.29. The van der Waals surface area contributed by atoms with Gasteiger partial charge >= 0.3 is 5.97 Å². The average Bonchev–Trinajstić information content (AvgIpc) is 3.10. The second-order valence-corrected chi connectivity index (χ2v) is 7.52. The third-order valence-corrected chi connectivity index (χ3v) is 5.96. The minimum absolute atomic E-state index is 0.209. The molecule has 0 unspecified atom stereocenters. The number of nitrogens with two attached hydrogens (primary N) is 1. The molecule has 0 fully saturated rings. The highest BCUT2D eigenvalue weighted by Crippen LogP contribution is 2.34. The van der Waals surface area contributed by atoms with E-state index in [9.17, 15) is 13.2 Å². The second-order valence-electron chi connectivity index (χ2n) is 5.66. The molecule has 0 atom stereocenters. The Morgan fingerprint density at radius 3 is 2.58 bits per heavy atom. The number of hydrogen-bond acceptors (Lipinski definition) is 6. The molecule has 2 N–H and O–H groups in total. The van der Waals surface area contributed by atoms with Crippen LogP contribution in [0.3, 0.4) is 0 Å². The summed E-state index contributed by atoms with van der Waals surface area (Å²) in [5, 5.41) is 0. The van der Waals surface area contributed by atoms with Gasteiger partial charge in [0, 0.05) is 12.6 Å². The fraction of sp³-hybridized carbons (Fsp3) is 0.167. The lowest BCUT2D eigenvalue weighted by Gasteiger charge is -2.19. The summed E-state index contributed by atoms with van der Waals surface area (Å²) in [5.41, 5.74) is 2.29. The molecule has 2 aromatic rings. The van der Waals surface area contributed by atoms with E-state index in [0.29, 0.717) is 24.4 Å². The fourth-order valence-electron chi connectivity index (χ4n) is 2.82. The van der Waals surface area contributed by atoms with Gasteiger partial charge in [0.15, 0.2) is 0 Å². The first kappa shape index (κ1) is 18.0. The van der Waals surface area contributed by atoms with Gasteiger partial charge in [-0.1, -0.05) is 6.07 Å². The lowest BCUT2D eigenvalue weighted by molar-refractivity contribution is -0.138. The summed E-state index contributed by atoms with van der Waals surface area (Å²) in [6.45, 7) is 0.363. The molecular weight excluding hydrogens is 356 g/mol. The number of methoxy groups -OCH3 is 1. The maximum absolute atomic E-state index is 12.9. The molecule has 1 heterocycles. The first-order valence-corrected chi connectivity index (χ1v) is 9.28. The number of carbonyl (C=O) groups excluding carboxylic acids is 1. The van der Waals surface area contributed by atoms with Crippen LogP contribution in [-0.2, 0) is 26.1 Å². The zero-order valence-electron chi connectivity index (χ0n) is 14.1. The van der Waals surface area contributed by atoms with Crippen molar-refractivity contribution in [2.75, 3.05) is 18.0 Å². The largest absolute Gasteiger partial charge is 0.497 e. The predicted molar refractivity (Wildman–Crippen MR) is 97.0 cm³/mol. The molecule has 0 radical (unpaired) electrons. The van der Waals surface area contributed by atoms with Crippen molar-refractivity contribution in [2.45, 2.75) is 11.3 Å². The first-order valence-electron chi connectivity index (χ1n) is 7.84. The maximum Gasteiger partial charge on any atom is 0.349 e. The number of anilines is 1. The Morgan fingerprint density at radius 2 is 1.92 bits per heavy atom. The highest BCUT2D eigenvalue weighted by Gasteiger charge is 2.30. The number of carbonyl (C=O) groups is 1. The summed E-state index contributed by atoms with van der Waals surface area (Å²) < 4.78 is 32.3. The van der Waals surface area contributed by atoms with E-state index < -0.39 is 16.0 Å². The van der Waals surface area contributed by atoms with E-state index >= 15 is 0 Å². The Kier molecular flexibility index (Phi) is 4.97. The van der Waals surface area contributed by atoms with Crippen LogP contribution >= 0.6 is 0 Å². The molecule has 3 rings (SSSR count). The summed E-state index contributed by atoms with van der Waals surface area (Å²) in [7, 11) is -2.12. The van der Waals surface area contributed by atoms with Gasteiger partial charge in [-0.15, -0.1) is 0 Å². The number of sulfonamides is 1. The van der Waals surface area contributed by atoms with E-state index in [2.05, 4.69) is 4.84 Å². The van der Waals surface area contributed by atoms with Gasteiger partial charge < -0.3 is 9.57 Å². The van der Waals surface area contributed by atoms with Crippen molar-refractivity contribution in [2.24, 2.45) is 5.90 Å². The molecule has 0 spiro atoms. The van der Waals surface area contributed by atoms with Crippen LogP contribution in [0.1, 0.15) is 11.1 Å². The van der Waals surface area contributed by atoms with Crippen molar-refractivity contribution < 1.29 is 22.8 Å². The molecule has 26 heavy (non-hydrogen) atoms. The summed E-state index contributed by atoms with van der Waals surface area (Å²) in [6, 6.07) is 11.6. The third kappa shape index (κ3) is 3.42. The third-order valence-electron chi connectivity index (χ3n) is 4.13. The monoisotopic (exact) mass is 374 g/mol. The number of ether oxygens (including phenoxy) is 1. The molecule has 0 aromatic heterocycles. The second kappa shape index (κ2) is 7.19. The van der Waals surface area contributed by atoms with Gasteiger partial charge in [-0.05, 0) is 60.0 Å². The predicted octanol–water partition coefficient (Wildman–Crippen LogP) is 1.88. The molecular formula is C18H18N2O5S. The molecule has 1 aliphatic heterocycles. The molecule has 0 amide bonds. The highest BCUT2D eigenvalue weighted by molar-refractivity contribution is 7.92. The van der Waals surface area contributed by atoms with Crippen LogP contribution in [0.15, 0.2) is 53.4 Å². The van der Waals surface area contributed by atoms with Crippen LogP contribution in [-0.4, -0.2) is 28.0 Å². The van der Waals surface area contributed by atoms with Crippen LogP contribution < -0.4 is 14.9 Å². The van der Waals surface area contributed by atoms with Gasteiger partial charge in [0.05, 0.1) is 17.7 Å². The van der Waals surface area contributed by atoms with Crippen molar-refractivity contribution in [3.8, 4) is 5.75 Å². The van der Waals surface area contributed by atoms with E-state index in [1.165, 1.54) is 29.6 Å². The smallest absolute Gasteiger partial charge is 0.349 e. The van der Waals surface area contributed by atoms with Crippen LogP contribution in [0.5, 0.6) is 5.75 Å².